The third-order valence-electron chi connectivity index (χ3n) is 3.29. The standard InChI is InChI=1S/C12H19N3O4/c1-8-9(5-18-2)10(15-19-8)11(16)14-7-12(17)3-4-13-6-12/h13,17H,3-7H2,1-2H3,(H,14,16)/t12-/m1/s1. The van der Waals surface area contributed by atoms with Crippen LogP contribution in [0.2, 0.25) is 0 Å². The third kappa shape index (κ3) is 3.12. The molecule has 0 unspecified atom stereocenters. The number of aryl methyl sites for hydroxylation is 1. The van der Waals surface area contributed by atoms with Crippen LogP contribution in [0.5, 0.6) is 0 Å². The van der Waals surface area contributed by atoms with Gasteiger partial charge in [0, 0.05) is 20.2 Å². The Bertz CT molecular complexity index is 452. The number of carbonyl (C=O) groups is 1. The predicted octanol–water partition coefficient (Wildman–Crippen LogP) is -0.416. The largest absolute Gasteiger partial charge is 0.387 e. The molecule has 1 fully saturated rings. The van der Waals surface area contributed by atoms with Gasteiger partial charge in [-0.05, 0) is 19.9 Å². The number of methoxy groups -OCH3 is 1. The first-order chi connectivity index (χ1) is 9.06. The molecule has 7 heteroatoms. The van der Waals surface area contributed by atoms with E-state index in [1.165, 1.54) is 0 Å². The molecular weight excluding hydrogens is 250 g/mol. The summed E-state index contributed by atoms with van der Waals surface area (Å²) in [5, 5.41) is 19.6. The monoisotopic (exact) mass is 269 g/mol. The number of amides is 1. The van der Waals surface area contributed by atoms with Crippen LogP contribution in [0.4, 0.5) is 0 Å². The molecule has 0 radical (unpaired) electrons. The highest BCUT2D eigenvalue weighted by Gasteiger charge is 2.32. The Morgan fingerprint density at radius 2 is 2.47 bits per heavy atom. The minimum absolute atomic E-state index is 0.192. The second-order valence-corrected chi connectivity index (χ2v) is 4.83. The van der Waals surface area contributed by atoms with Crippen LogP contribution in [-0.2, 0) is 11.3 Å². The van der Waals surface area contributed by atoms with Crippen LogP contribution >= 0.6 is 0 Å². The molecule has 1 aromatic rings. The quantitative estimate of drug-likeness (QED) is 0.672. The van der Waals surface area contributed by atoms with Crippen LogP contribution in [0, 0.1) is 6.92 Å². The zero-order valence-corrected chi connectivity index (χ0v) is 11.2. The van der Waals surface area contributed by atoms with Gasteiger partial charge in [0.05, 0.1) is 17.8 Å². The number of hydrogen-bond donors (Lipinski definition) is 3. The molecule has 2 heterocycles. The van der Waals surface area contributed by atoms with Crippen molar-refractivity contribution >= 4 is 5.91 Å². The van der Waals surface area contributed by atoms with Crippen LogP contribution < -0.4 is 10.6 Å². The molecule has 0 aromatic carbocycles. The highest BCUT2D eigenvalue weighted by atomic mass is 16.5. The summed E-state index contributed by atoms with van der Waals surface area (Å²) < 4.78 is 10.0. The number of aromatic nitrogens is 1. The number of ether oxygens (including phenoxy) is 1. The summed E-state index contributed by atoms with van der Waals surface area (Å²) in [7, 11) is 1.54. The molecule has 7 nitrogen and oxygen atoms in total. The van der Waals surface area contributed by atoms with E-state index in [1.807, 2.05) is 0 Å². The van der Waals surface area contributed by atoms with Crippen LogP contribution in [0.3, 0.4) is 0 Å². The lowest BCUT2D eigenvalue weighted by Gasteiger charge is -2.21. The van der Waals surface area contributed by atoms with E-state index in [9.17, 15) is 9.90 Å². The van der Waals surface area contributed by atoms with Crippen molar-refractivity contribution in [1.29, 1.82) is 0 Å². The van der Waals surface area contributed by atoms with Crippen LogP contribution in [0.15, 0.2) is 4.52 Å². The SMILES string of the molecule is COCc1c(C(=O)NC[C@@]2(O)CCNC2)noc1C. The first kappa shape index (κ1) is 14.0. The maximum absolute atomic E-state index is 12.0. The molecular formula is C12H19N3O4. The van der Waals surface area contributed by atoms with Crippen molar-refractivity contribution < 1.29 is 19.2 Å². The first-order valence-electron chi connectivity index (χ1n) is 6.21. The van der Waals surface area contributed by atoms with Gasteiger partial charge in [-0.25, -0.2) is 0 Å². The Morgan fingerprint density at radius 3 is 3.11 bits per heavy atom. The second kappa shape index (κ2) is 5.68. The highest BCUT2D eigenvalue weighted by molar-refractivity contribution is 5.93. The van der Waals surface area contributed by atoms with Crippen molar-refractivity contribution in [1.82, 2.24) is 15.8 Å². The van der Waals surface area contributed by atoms with Gasteiger partial charge in [0.15, 0.2) is 5.69 Å². The second-order valence-electron chi connectivity index (χ2n) is 4.83. The molecule has 19 heavy (non-hydrogen) atoms. The lowest BCUT2D eigenvalue weighted by Crippen LogP contribution is -2.44. The number of nitrogens with zero attached hydrogens (tertiary/aromatic N) is 1. The van der Waals surface area contributed by atoms with Gasteiger partial charge >= 0.3 is 0 Å². The average molecular weight is 269 g/mol. The van der Waals surface area contributed by atoms with E-state index in [0.29, 0.717) is 24.3 Å². The molecule has 1 atom stereocenters. The zero-order chi connectivity index (χ0) is 13.9. The van der Waals surface area contributed by atoms with E-state index in [4.69, 9.17) is 9.26 Å². The van der Waals surface area contributed by atoms with Gasteiger partial charge in [-0.15, -0.1) is 0 Å². The van der Waals surface area contributed by atoms with E-state index in [2.05, 4.69) is 15.8 Å². The van der Waals surface area contributed by atoms with Gasteiger partial charge < -0.3 is 25.0 Å². The molecule has 1 aromatic heterocycles. The summed E-state index contributed by atoms with van der Waals surface area (Å²) in [6, 6.07) is 0. The minimum Gasteiger partial charge on any atom is -0.387 e. The van der Waals surface area contributed by atoms with Gasteiger partial charge in [-0.1, -0.05) is 5.16 Å². The minimum atomic E-state index is -0.879. The van der Waals surface area contributed by atoms with Crippen LogP contribution in [0.25, 0.3) is 0 Å². The van der Waals surface area contributed by atoms with E-state index in [0.717, 1.165) is 6.54 Å². The molecule has 0 spiro atoms. The number of aliphatic hydroxyl groups is 1. The molecule has 1 aliphatic heterocycles. The molecule has 0 saturated carbocycles. The topological polar surface area (TPSA) is 96.6 Å². The Morgan fingerprint density at radius 1 is 1.68 bits per heavy atom. The van der Waals surface area contributed by atoms with Gasteiger partial charge in [-0.2, -0.15) is 0 Å². The van der Waals surface area contributed by atoms with Gasteiger partial charge in [-0.3, -0.25) is 4.79 Å². The summed E-state index contributed by atoms with van der Waals surface area (Å²) in [6.45, 7) is 3.42. The van der Waals surface area contributed by atoms with E-state index < -0.39 is 5.60 Å². The Kier molecular flexibility index (Phi) is 4.18. The van der Waals surface area contributed by atoms with Gasteiger partial charge in [0.25, 0.3) is 5.91 Å². The summed E-state index contributed by atoms with van der Waals surface area (Å²) in [6.07, 6.45) is 0.621. The Labute approximate surface area is 111 Å². The maximum atomic E-state index is 12.0. The summed E-state index contributed by atoms with van der Waals surface area (Å²) in [4.78, 5) is 12.0. The molecule has 0 bridgehead atoms. The molecule has 1 amide bonds. The molecule has 3 N–H and O–H groups in total. The van der Waals surface area contributed by atoms with Crippen molar-refractivity contribution in [3.63, 3.8) is 0 Å². The smallest absolute Gasteiger partial charge is 0.273 e. The maximum Gasteiger partial charge on any atom is 0.273 e. The van der Waals surface area contributed by atoms with E-state index in [1.54, 1.807) is 14.0 Å². The van der Waals surface area contributed by atoms with Crippen molar-refractivity contribution in [2.45, 2.75) is 25.6 Å². The normalized spacial score (nSPS) is 22.7. The number of hydrogen-bond acceptors (Lipinski definition) is 6. The van der Waals surface area contributed by atoms with Gasteiger partial charge in [0.1, 0.15) is 5.76 Å². The van der Waals surface area contributed by atoms with Gasteiger partial charge in [0.2, 0.25) is 0 Å². The third-order valence-corrected chi connectivity index (χ3v) is 3.29. The van der Waals surface area contributed by atoms with E-state index >= 15 is 0 Å². The molecule has 0 aliphatic carbocycles. The highest BCUT2D eigenvalue weighted by Crippen LogP contribution is 2.16. The number of β-amino-alcohol motifs (C(OH)–C–C–N with tert-alkyl or cyclic N) is 1. The fourth-order valence-corrected chi connectivity index (χ4v) is 2.09. The predicted molar refractivity (Wildman–Crippen MR) is 66.7 cm³/mol. The van der Waals surface area contributed by atoms with E-state index in [-0.39, 0.29) is 24.8 Å². The van der Waals surface area contributed by atoms with Crippen molar-refractivity contribution in [3.05, 3.63) is 17.0 Å². The molecule has 2 rings (SSSR count). The Hall–Kier alpha value is -1.44. The number of carbonyl (C=O) groups excluding carboxylic acids is 1. The molecule has 1 aliphatic rings. The summed E-state index contributed by atoms with van der Waals surface area (Å²) in [5.41, 5.74) is -0.0268. The lowest BCUT2D eigenvalue weighted by molar-refractivity contribution is 0.0558. The first-order valence-corrected chi connectivity index (χ1v) is 6.21. The fourth-order valence-electron chi connectivity index (χ4n) is 2.09. The van der Waals surface area contributed by atoms with Crippen LogP contribution in [0.1, 0.15) is 28.2 Å². The summed E-state index contributed by atoms with van der Waals surface area (Å²) in [5.74, 6) is 0.206. The van der Waals surface area contributed by atoms with Crippen molar-refractivity contribution in [2.75, 3.05) is 26.7 Å². The van der Waals surface area contributed by atoms with Crippen LogP contribution in [-0.4, -0.2) is 48.5 Å². The summed E-state index contributed by atoms with van der Waals surface area (Å²) >= 11 is 0. The average Bonchev–Trinajstić information content (AvgIpc) is 2.96. The van der Waals surface area contributed by atoms with Crippen molar-refractivity contribution in [2.24, 2.45) is 0 Å². The zero-order valence-electron chi connectivity index (χ0n) is 11.2. The lowest BCUT2D eigenvalue weighted by atomic mass is 10.0. The molecule has 1 saturated heterocycles. The number of nitrogens with one attached hydrogen (secondary N) is 2. The fraction of sp³-hybridized carbons (Fsp3) is 0.667. The Balaban J connectivity index is 1.99. The van der Waals surface area contributed by atoms with Crippen molar-refractivity contribution in [3.8, 4) is 0 Å². The molecule has 106 valence electrons. The number of rotatable bonds is 5.